The number of hydrogen-bond acceptors (Lipinski definition) is 5. The summed E-state index contributed by atoms with van der Waals surface area (Å²) in [6.45, 7) is 0. The maximum Gasteiger partial charge on any atom is 0.321 e. The van der Waals surface area contributed by atoms with Crippen LogP contribution in [-0.2, 0) is 14.8 Å². The zero-order chi connectivity index (χ0) is 13.8. The zero-order valence-corrected chi connectivity index (χ0v) is 12.6. The molecular weight excluding hydrogens is 318 g/mol. The largest absolute Gasteiger partial charge is 0.480 e. The molecule has 18 heavy (non-hydrogen) atoms. The van der Waals surface area contributed by atoms with Crippen LogP contribution in [0.25, 0.3) is 0 Å². The summed E-state index contributed by atoms with van der Waals surface area (Å²) >= 11 is 8.00. The van der Waals surface area contributed by atoms with Gasteiger partial charge in [0.05, 0.1) is 4.34 Å². The number of halogens is 1. The first kappa shape index (κ1) is 15.8. The molecule has 1 aromatic heterocycles. The third kappa shape index (κ3) is 4.43. The van der Waals surface area contributed by atoms with Gasteiger partial charge < -0.3 is 5.11 Å². The molecule has 0 aromatic carbocycles. The number of nitrogens with one attached hydrogen (secondary N) is 1. The van der Waals surface area contributed by atoms with E-state index in [2.05, 4.69) is 4.72 Å². The number of carboxylic acids is 1. The Balaban J connectivity index is 2.82. The Morgan fingerprint density at radius 3 is 2.72 bits per heavy atom. The van der Waals surface area contributed by atoms with Crippen LogP contribution in [0.2, 0.25) is 4.34 Å². The molecule has 0 aliphatic carbocycles. The van der Waals surface area contributed by atoms with Gasteiger partial charge in [-0.2, -0.15) is 16.5 Å². The van der Waals surface area contributed by atoms with Crippen LogP contribution in [0.1, 0.15) is 6.42 Å². The van der Waals surface area contributed by atoms with Crippen LogP contribution in [0.3, 0.4) is 0 Å². The van der Waals surface area contributed by atoms with Crippen molar-refractivity contribution in [1.82, 2.24) is 4.72 Å². The molecule has 0 radical (unpaired) electrons. The summed E-state index contributed by atoms with van der Waals surface area (Å²) in [6, 6.07) is 1.68. The van der Waals surface area contributed by atoms with Gasteiger partial charge in [0, 0.05) is 0 Å². The van der Waals surface area contributed by atoms with Gasteiger partial charge in [0.1, 0.15) is 10.3 Å². The topological polar surface area (TPSA) is 83.5 Å². The van der Waals surface area contributed by atoms with Crippen molar-refractivity contribution in [3.05, 3.63) is 16.5 Å². The van der Waals surface area contributed by atoms with Crippen molar-refractivity contribution in [1.29, 1.82) is 0 Å². The fourth-order valence-electron chi connectivity index (χ4n) is 1.16. The van der Waals surface area contributed by atoms with E-state index in [0.29, 0.717) is 10.1 Å². The quantitative estimate of drug-likeness (QED) is 0.798. The maximum absolute atomic E-state index is 11.9. The Hall–Kier alpha value is -0.280. The minimum Gasteiger partial charge on any atom is -0.480 e. The first-order chi connectivity index (χ1) is 8.36. The highest BCUT2D eigenvalue weighted by atomic mass is 35.5. The molecule has 1 heterocycles. The molecule has 0 amide bonds. The number of carbonyl (C=O) groups is 1. The summed E-state index contributed by atoms with van der Waals surface area (Å²) in [4.78, 5) is 11.0. The molecule has 9 heteroatoms. The fraction of sp³-hybridized carbons (Fsp3) is 0.444. The molecule has 1 atom stereocenters. The van der Waals surface area contributed by atoms with Crippen molar-refractivity contribution >= 4 is 50.7 Å². The van der Waals surface area contributed by atoms with E-state index >= 15 is 0 Å². The SMILES string of the molecule is CSCCC(NS(=O)(=O)c1ccc(Cl)s1)C(=O)O. The van der Waals surface area contributed by atoms with E-state index in [0.717, 1.165) is 11.3 Å². The van der Waals surface area contributed by atoms with Crippen LogP contribution in [0.15, 0.2) is 16.3 Å². The summed E-state index contributed by atoms with van der Waals surface area (Å²) < 4.78 is 26.3. The van der Waals surface area contributed by atoms with Crippen molar-refractivity contribution in [3.8, 4) is 0 Å². The van der Waals surface area contributed by atoms with E-state index in [1.807, 2.05) is 6.26 Å². The van der Waals surface area contributed by atoms with Crippen LogP contribution in [0.5, 0.6) is 0 Å². The van der Waals surface area contributed by atoms with Crippen molar-refractivity contribution in [3.63, 3.8) is 0 Å². The van der Waals surface area contributed by atoms with Gasteiger partial charge in [-0.25, -0.2) is 8.42 Å². The molecule has 0 saturated carbocycles. The monoisotopic (exact) mass is 329 g/mol. The Bertz CT molecular complexity index is 514. The van der Waals surface area contributed by atoms with Gasteiger partial charge in [0.25, 0.3) is 10.0 Å². The highest BCUT2D eigenvalue weighted by Crippen LogP contribution is 2.25. The lowest BCUT2D eigenvalue weighted by Crippen LogP contribution is -2.40. The molecule has 1 unspecified atom stereocenters. The van der Waals surface area contributed by atoms with Crippen LogP contribution in [0.4, 0.5) is 0 Å². The summed E-state index contributed by atoms with van der Waals surface area (Å²) in [5.74, 6) is -0.625. The number of hydrogen-bond donors (Lipinski definition) is 2. The number of aliphatic carboxylic acids is 1. The second-order valence-electron chi connectivity index (χ2n) is 3.35. The van der Waals surface area contributed by atoms with Crippen molar-refractivity contribution in [2.75, 3.05) is 12.0 Å². The molecule has 0 saturated heterocycles. The lowest BCUT2D eigenvalue weighted by Gasteiger charge is -2.13. The third-order valence-corrected chi connectivity index (χ3v) is 5.86. The molecule has 0 fully saturated rings. The Morgan fingerprint density at radius 1 is 1.61 bits per heavy atom. The summed E-state index contributed by atoms with van der Waals surface area (Å²) in [6.07, 6.45) is 2.06. The first-order valence-electron chi connectivity index (χ1n) is 4.86. The highest BCUT2D eigenvalue weighted by Gasteiger charge is 2.25. The Labute approximate surface area is 119 Å². The molecule has 5 nitrogen and oxygen atoms in total. The van der Waals surface area contributed by atoms with E-state index in [4.69, 9.17) is 16.7 Å². The molecule has 1 aromatic rings. The summed E-state index contributed by atoms with van der Waals surface area (Å²) in [5.41, 5.74) is 0. The fourth-order valence-corrected chi connectivity index (χ4v) is 4.35. The van der Waals surface area contributed by atoms with Gasteiger partial charge in [-0.1, -0.05) is 11.6 Å². The molecule has 1 rings (SSSR count). The van der Waals surface area contributed by atoms with Gasteiger partial charge in [-0.05, 0) is 30.6 Å². The van der Waals surface area contributed by atoms with Crippen molar-refractivity contribution < 1.29 is 18.3 Å². The van der Waals surface area contributed by atoms with E-state index in [1.165, 1.54) is 23.9 Å². The lowest BCUT2D eigenvalue weighted by molar-refractivity contribution is -0.139. The smallest absolute Gasteiger partial charge is 0.321 e. The van der Waals surface area contributed by atoms with E-state index in [9.17, 15) is 13.2 Å². The normalized spacial score (nSPS) is 13.4. The molecule has 2 N–H and O–H groups in total. The van der Waals surface area contributed by atoms with Gasteiger partial charge in [0.2, 0.25) is 0 Å². The molecule has 0 spiro atoms. The second-order valence-corrected chi connectivity index (χ2v) is 7.99. The van der Waals surface area contributed by atoms with Crippen molar-refractivity contribution in [2.45, 2.75) is 16.7 Å². The average Bonchev–Trinajstić information content (AvgIpc) is 2.71. The molecule has 0 aliphatic rings. The minimum atomic E-state index is -3.82. The number of rotatable bonds is 7. The van der Waals surface area contributed by atoms with Gasteiger partial charge in [-0.3, -0.25) is 4.79 Å². The zero-order valence-electron chi connectivity index (χ0n) is 9.42. The first-order valence-corrected chi connectivity index (χ1v) is 8.93. The van der Waals surface area contributed by atoms with E-state index < -0.39 is 22.0 Å². The molecular formula is C9H12ClNO4S3. The number of carboxylic acid groups (broad SMARTS) is 1. The molecule has 0 aliphatic heterocycles. The van der Waals surface area contributed by atoms with E-state index in [-0.39, 0.29) is 10.6 Å². The van der Waals surface area contributed by atoms with Crippen LogP contribution < -0.4 is 4.72 Å². The van der Waals surface area contributed by atoms with Crippen molar-refractivity contribution in [2.24, 2.45) is 0 Å². The number of thiophene rings is 1. The predicted molar refractivity (Wildman–Crippen MR) is 74.1 cm³/mol. The third-order valence-electron chi connectivity index (χ3n) is 2.02. The van der Waals surface area contributed by atoms with Crippen LogP contribution in [-0.4, -0.2) is 37.5 Å². The Morgan fingerprint density at radius 2 is 2.28 bits per heavy atom. The van der Waals surface area contributed by atoms with Gasteiger partial charge in [0.15, 0.2) is 0 Å². The van der Waals surface area contributed by atoms with Crippen LogP contribution in [0, 0.1) is 0 Å². The predicted octanol–water partition coefficient (Wildman–Crippen LogP) is 1.89. The average molecular weight is 330 g/mol. The maximum atomic E-state index is 11.9. The number of sulfonamides is 1. The highest BCUT2D eigenvalue weighted by molar-refractivity contribution is 7.98. The lowest BCUT2D eigenvalue weighted by atomic mass is 10.2. The molecule has 102 valence electrons. The second kappa shape index (κ2) is 6.76. The Kier molecular flexibility index (Phi) is 5.93. The summed E-state index contributed by atoms with van der Waals surface area (Å²) in [7, 11) is -3.82. The van der Waals surface area contributed by atoms with Crippen LogP contribution >= 0.6 is 34.7 Å². The van der Waals surface area contributed by atoms with Gasteiger partial charge >= 0.3 is 5.97 Å². The number of thioether (sulfide) groups is 1. The van der Waals surface area contributed by atoms with Gasteiger partial charge in [-0.15, -0.1) is 11.3 Å². The standard InChI is InChI=1S/C9H12ClNO4S3/c1-16-5-4-6(9(12)13)11-18(14,15)8-3-2-7(10)17-8/h2-3,6,11H,4-5H2,1H3,(H,12,13). The summed E-state index contributed by atoms with van der Waals surface area (Å²) in [5, 5.41) is 8.96. The minimum absolute atomic E-state index is 0.0166. The van der Waals surface area contributed by atoms with E-state index in [1.54, 1.807) is 0 Å². The molecule has 0 bridgehead atoms.